The van der Waals surface area contributed by atoms with E-state index in [1.54, 1.807) is 19.9 Å². The molecule has 0 atom stereocenters. The molecule has 0 bridgehead atoms. The molecule has 0 spiro atoms. The molecule has 1 aromatic carbocycles. The molecule has 0 aliphatic carbocycles. The highest BCUT2D eigenvalue weighted by molar-refractivity contribution is 6.18. The Hall–Kier alpha value is -1.22. The maximum atomic E-state index is 11.6. The number of ether oxygens (including phenoxy) is 1. The summed E-state index contributed by atoms with van der Waals surface area (Å²) >= 11 is 5.66. The Morgan fingerprint density at radius 2 is 2.19 bits per heavy atom. The first kappa shape index (κ1) is 12.8. The molecule has 0 saturated heterocycles. The molecule has 3 nitrogen and oxygen atoms in total. The number of rotatable bonds is 4. The highest BCUT2D eigenvalue weighted by Gasteiger charge is 2.17. The van der Waals surface area contributed by atoms with E-state index in [9.17, 15) is 9.90 Å². The largest absolute Gasteiger partial charge is 0.507 e. The summed E-state index contributed by atoms with van der Waals surface area (Å²) in [6.45, 7) is 3.80. The number of phenolic OH excluding ortho intramolecular Hbond substituents is 1. The van der Waals surface area contributed by atoms with E-state index in [1.807, 2.05) is 0 Å². The Balaban J connectivity index is 3.15. The maximum Gasteiger partial charge on any atom is 0.342 e. The van der Waals surface area contributed by atoms with Gasteiger partial charge in [0, 0.05) is 5.88 Å². The van der Waals surface area contributed by atoms with Gasteiger partial charge in [0.05, 0.1) is 6.61 Å². The van der Waals surface area contributed by atoms with Crippen LogP contribution in [0.2, 0.25) is 0 Å². The summed E-state index contributed by atoms with van der Waals surface area (Å²) in [5.74, 6) is -0.0587. The molecule has 16 heavy (non-hydrogen) atoms. The number of phenols is 1. The van der Waals surface area contributed by atoms with Gasteiger partial charge in [0.1, 0.15) is 11.3 Å². The lowest BCUT2D eigenvalue weighted by atomic mass is 9.99. The van der Waals surface area contributed by atoms with Gasteiger partial charge in [-0.3, -0.25) is 0 Å². The Morgan fingerprint density at radius 3 is 2.75 bits per heavy atom. The highest BCUT2D eigenvalue weighted by Crippen LogP contribution is 2.25. The van der Waals surface area contributed by atoms with Crippen LogP contribution < -0.4 is 0 Å². The maximum absolute atomic E-state index is 11.6. The van der Waals surface area contributed by atoms with Crippen LogP contribution in [-0.2, 0) is 11.2 Å². The van der Waals surface area contributed by atoms with Gasteiger partial charge >= 0.3 is 5.97 Å². The number of aromatic hydroxyl groups is 1. The predicted octanol–water partition coefficient (Wildman–Crippen LogP) is 2.66. The zero-order valence-electron chi connectivity index (χ0n) is 9.42. The Morgan fingerprint density at radius 1 is 1.50 bits per heavy atom. The molecule has 1 aromatic rings. The van der Waals surface area contributed by atoms with E-state index >= 15 is 0 Å². The van der Waals surface area contributed by atoms with Gasteiger partial charge in [-0.15, -0.1) is 11.6 Å². The lowest BCUT2D eigenvalue weighted by Gasteiger charge is -2.11. The summed E-state index contributed by atoms with van der Waals surface area (Å²) in [6, 6.07) is 3.27. The Kier molecular flexibility index (Phi) is 4.62. The normalized spacial score (nSPS) is 10.2. The molecular formula is C12H15ClO3. The molecule has 1 rings (SSSR count). The van der Waals surface area contributed by atoms with Crippen LogP contribution in [0.5, 0.6) is 5.75 Å². The third-order valence-electron chi connectivity index (χ3n) is 2.40. The van der Waals surface area contributed by atoms with Gasteiger partial charge in [-0.2, -0.15) is 0 Å². The van der Waals surface area contributed by atoms with Crippen molar-refractivity contribution >= 4 is 17.6 Å². The van der Waals surface area contributed by atoms with Crippen LogP contribution in [0.15, 0.2) is 12.1 Å². The first-order valence-corrected chi connectivity index (χ1v) is 5.69. The van der Waals surface area contributed by atoms with Crippen molar-refractivity contribution in [3.8, 4) is 5.75 Å². The molecule has 0 heterocycles. The van der Waals surface area contributed by atoms with Crippen LogP contribution in [0.3, 0.4) is 0 Å². The summed E-state index contributed by atoms with van der Waals surface area (Å²) in [5, 5.41) is 9.65. The summed E-state index contributed by atoms with van der Waals surface area (Å²) in [4.78, 5) is 11.6. The molecular weight excluding hydrogens is 228 g/mol. The van der Waals surface area contributed by atoms with E-state index in [4.69, 9.17) is 16.3 Å². The number of carbonyl (C=O) groups is 1. The number of halogens is 1. The molecule has 88 valence electrons. The number of benzene rings is 1. The van der Waals surface area contributed by atoms with Crippen molar-refractivity contribution in [1.82, 2.24) is 0 Å². The molecule has 0 saturated carbocycles. The van der Waals surface area contributed by atoms with Gasteiger partial charge in [-0.05, 0) is 37.5 Å². The standard InChI is InChI=1S/C12H15ClO3/c1-3-16-12(15)11-8(2)9(6-7-13)4-5-10(11)14/h4-5,14H,3,6-7H2,1-2H3. The fraction of sp³-hybridized carbons (Fsp3) is 0.417. The van der Waals surface area contributed by atoms with E-state index in [2.05, 4.69) is 0 Å². The van der Waals surface area contributed by atoms with Crippen molar-refractivity contribution in [3.63, 3.8) is 0 Å². The van der Waals surface area contributed by atoms with Crippen LogP contribution in [0.1, 0.15) is 28.4 Å². The van der Waals surface area contributed by atoms with Crippen molar-refractivity contribution in [3.05, 3.63) is 28.8 Å². The van der Waals surface area contributed by atoms with Crippen LogP contribution in [0.4, 0.5) is 0 Å². The zero-order valence-corrected chi connectivity index (χ0v) is 10.2. The van der Waals surface area contributed by atoms with E-state index in [1.165, 1.54) is 6.07 Å². The average molecular weight is 243 g/mol. The average Bonchev–Trinajstić information content (AvgIpc) is 2.23. The van der Waals surface area contributed by atoms with Crippen molar-refractivity contribution in [2.24, 2.45) is 0 Å². The van der Waals surface area contributed by atoms with Gasteiger partial charge in [-0.1, -0.05) is 6.07 Å². The van der Waals surface area contributed by atoms with Gasteiger partial charge in [0.25, 0.3) is 0 Å². The summed E-state index contributed by atoms with van der Waals surface area (Å²) in [7, 11) is 0. The first-order chi connectivity index (χ1) is 7.61. The monoisotopic (exact) mass is 242 g/mol. The van der Waals surface area contributed by atoms with Gasteiger partial charge < -0.3 is 9.84 Å². The number of hydrogen-bond acceptors (Lipinski definition) is 3. The Labute approximate surface area is 100.0 Å². The molecule has 0 radical (unpaired) electrons. The molecule has 4 heteroatoms. The van der Waals surface area contributed by atoms with E-state index in [0.29, 0.717) is 12.3 Å². The van der Waals surface area contributed by atoms with Crippen molar-refractivity contribution in [2.75, 3.05) is 12.5 Å². The lowest BCUT2D eigenvalue weighted by Crippen LogP contribution is -2.09. The number of aryl methyl sites for hydroxylation is 1. The second-order valence-electron chi connectivity index (χ2n) is 3.40. The topological polar surface area (TPSA) is 46.5 Å². The fourth-order valence-electron chi connectivity index (χ4n) is 1.57. The number of alkyl halides is 1. The highest BCUT2D eigenvalue weighted by atomic mass is 35.5. The van der Waals surface area contributed by atoms with Crippen molar-refractivity contribution in [2.45, 2.75) is 20.3 Å². The van der Waals surface area contributed by atoms with Crippen LogP contribution in [0, 0.1) is 6.92 Å². The minimum atomic E-state index is -0.492. The van der Waals surface area contributed by atoms with E-state index in [-0.39, 0.29) is 17.9 Å². The molecule has 0 aliphatic rings. The minimum Gasteiger partial charge on any atom is -0.507 e. The molecule has 0 amide bonds. The third kappa shape index (κ3) is 2.67. The molecule has 0 unspecified atom stereocenters. The lowest BCUT2D eigenvalue weighted by molar-refractivity contribution is 0.0522. The fourth-order valence-corrected chi connectivity index (χ4v) is 1.78. The second kappa shape index (κ2) is 5.75. The smallest absolute Gasteiger partial charge is 0.342 e. The first-order valence-electron chi connectivity index (χ1n) is 5.16. The molecule has 1 N–H and O–H groups in total. The summed E-state index contributed by atoms with van der Waals surface area (Å²) in [6.07, 6.45) is 0.667. The Bertz CT molecular complexity index is 388. The van der Waals surface area contributed by atoms with E-state index in [0.717, 1.165) is 11.1 Å². The zero-order chi connectivity index (χ0) is 12.1. The molecule has 0 aromatic heterocycles. The van der Waals surface area contributed by atoms with Gasteiger partial charge in [-0.25, -0.2) is 4.79 Å². The molecule has 0 aliphatic heterocycles. The number of esters is 1. The summed E-state index contributed by atoms with van der Waals surface area (Å²) in [5.41, 5.74) is 1.93. The van der Waals surface area contributed by atoms with Gasteiger partial charge in [0.15, 0.2) is 0 Å². The van der Waals surface area contributed by atoms with E-state index < -0.39 is 5.97 Å². The number of carbonyl (C=O) groups excluding carboxylic acids is 1. The summed E-state index contributed by atoms with van der Waals surface area (Å²) < 4.78 is 4.89. The third-order valence-corrected chi connectivity index (χ3v) is 2.59. The predicted molar refractivity (Wildman–Crippen MR) is 63.2 cm³/mol. The van der Waals surface area contributed by atoms with Crippen molar-refractivity contribution in [1.29, 1.82) is 0 Å². The second-order valence-corrected chi connectivity index (χ2v) is 3.78. The minimum absolute atomic E-state index is 0.0470. The quantitative estimate of drug-likeness (QED) is 0.652. The van der Waals surface area contributed by atoms with Crippen LogP contribution in [0.25, 0.3) is 0 Å². The SMILES string of the molecule is CCOC(=O)c1c(O)ccc(CCCl)c1C. The molecule has 0 fully saturated rings. The number of hydrogen-bond donors (Lipinski definition) is 1. The van der Waals surface area contributed by atoms with Crippen molar-refractivity contribution < 1.29 is 14.6 Å². The van der Waals surface area contributed by atoms with Crippen LogP contribution in [-0.4, -0.2) is 23.6 Å². The van der Waals surface area contributed by atoms with Crippen LogP contribution >= 0.6 is 11.6 Å². The van der Waals surface area contributed by atoms with Gasteiger partial charge in [0.2, 0.25) is 0 Å².